The molecule has 2 rings (SSSR count). The van der Waals surface area contributed by atoms with Gasteiger partial charge in [0.25, 0.3) is 0 Å². The van der Waals surface area contributed by atoms with Crippen LogP contribution in [0.4, 0.5) is 16.0 Å². The highest BCUT2D eigenvalue weighted by Gasteiger charge is 2.08. The Labute approximate surface area is 135 Å². The first-order valence-corrected chi connectivity index (χ1v) is 7.80. The molecule has 5 nitrogen and oxygen atoms in total. The van der Waals surface area contributed by atoms with E-state index in [1.54, 1.807) is 30.3 Å². The highest BCUT2D eigenvalue weighted by Crippen LogP contribution is 2.10. The summed E-state index contributed by atoms with van der Waals surface area (Å²) in [6.07, 6.45) is 3.38. The van der Waals surface area contributed by atoms with Gasteiger partial charge in [0.2, 0.25) is 5.91 Å². The van der Waals surface area contributed by atoms with Crippen molar-refractivity contribution in [3.63, 3.8) is 0 Å². The van der Waals surface area contributed by atoms with E-state index in [2.05, 4.69) is 27.8 Å². The largest absolute Gasteiger partial charge is 0.369 e. The van der Waals surface area contributed by atoms with Crippen molar-refractivity contribution < 1.29 is 9.18 Å². The first kappa shape index (κ1) is 16.9. The summed E-state index contributed by atoms with van der Waals surface area (Å²) in [4.78, 5) is 11.9. The number of unbranched alkanes of at least 4 members (excludes halogenated alkanes) is 2. The summed E-state index contributed by atoms with van der Waals surface area (Å²) in [6.45, 7) is 3.00. The number of hydrogen-bond donors (Lipinski definition) is 2. The molecule has 0 saturated carbocycles. The third-order valence-corrected chi connectivity index (χ3v) is 3.33. The molecule has 1 heterocycles. The molecule has 23 heavy (non-hydrogen) atoms. The van der Waals surface area contributed by atoms with E-state index in [9.17, 15) is 9.18 Å². The summed E-state index contributed by atoms with van der Waals surface area (Å²) in [6, 6.07) is 9.65. The fraction of sp³-hybridized carbons (Fsp3) is 0.353. The number of nitrogens with zero attached hydrogens (tertiary/aromatic N) is 2. The minimum absolute atomic E-state index is 0.0363. The van der Waals surface area contributed by atoms with Gasteiger partial charge in [-0.15, -0.1) is 10.2 Å². The van der Waals surface area contributed by atoms with Crippen LogP contribution in [0.2, 0.25) is 0 Å². The number of carbonyl (C=O) groups is 1. The standard InChI is InChI=1S/C17H21FN4O/c1-2-3-6-11-19-15-9-10-16(22-21-15)20-17(23)12-13-7-4-5-8-14(13)18/h4-5,7-10H,2-3,6,11-12H2,1H3,(H,19,21)(H,20,22,23). The Kier molecular flexibility index (Phi) is 6.47. The Hall–Kier alpha value is -2.50. The van der Waals surface area contributed by atoms with Crippen LogP contribution < -0.4 is 10.6 Å². The first-order valence-electron chi connectivity index (χ1n) is 7.80. The Balaban J connectivity index is 1.83. The molecule has 0 spiro atoms. The van der Waals surface area contributed by atoms with Crippen LogP contribution in [-0.4, -0.2) is 22.6 Å². The van der Waals surface area contributed by atoms with E-state index in [1.165, 1.54) is 18.9 Å². The van der Waals surface area contributed by atoms with Crippen molar-refractivity contribution in [3.05, 3.63) is 47.8 Å². The third kappa shape index (κ3) is 5.65. The lowest BCUT2D eigenvalue weighted by Crippen LogP contribution is -2.16. The molecule has 0 fully saturated rings. The van der Waals surface area contributed by atoms with Gasteiger partial charge in [-0.25, -0.2) is 4.39 Å². The van der Waals surface area contributed by atoms with Crippen molar-refractivity contribution in [2.45, 2.75) is 32.6 Å². The van der Waals surface area contributed by atoms with Crippen molar-refractivity contribution >= 4 is 17.5 Å². The molecule has 0 aliphatic carbocycles. The van der Waals surface area contributed by atoms with Gasteiger partial charge in [0.15, 0.2) is 5.82 Å². The van der Waals surface area contributed by atoms with Gasteiger partial charge in [-0.1, -0.05) is 38.0 Å². The predicted molar refractivity (Wildman–Crippen MR) is 88.8 cm³/mol. The molecule has 1 amide bonds. The maximum Gasteiger partial charge on any atom is 0.230 e. The summed E-state index contributed by atoms with van der Waals surface area (Å²) in [7, 11) is 0. The molecule has 0 atom stereocenters. The van der Waals surface area contributed by atoms with E-state index in [0.717, 1.165) is 13.0 Å². The lowest BCUT2D eigenvalue weighted by atomic mass is 10.1. The average molecular weight is 316 g/mol. The fourth-order valence-corrected chi connectivity index (χ4v) is 2.09. The smallest absolute Gasteiger partial charge is 0.230 e. The van der Waals surface area contributed by atoms with Crippen molar-refractivity contribution in [1.82, 2.24) is 10.2 Å². The van der Waals surface area contributed by atoms with Crippen LogP contribution in [0, 0.1) is 5.82 Å². The number of anilines is 2. The second-order valence-electron chi connectivity index (χ2n) is 5.25. The van der Waals surface area contributed by atoms with Gasteiger partial charge in [-0.2, -0.15) is 0 Å². The van der Waals surface area contributed by atoms with Crippen LogP contribution in [0.3, 0.4) is 0 Å². The molecule has 2 N–H and O–H groups in total. The van der Waals surface area contributed by atoms with Crippen molar-refractivity contribution in [2.75, 3.05) is 17.2 Å². The zero-order valence-corrected chi connectivity index (χ0v) is 13.2. The maximum atomic E-state index is 13.5. The van der Waals surface area contributed by atoms with Gasteiger partial charge in [0.1, 0.15) is 11.6 Å². The molecule has 0 unspecified atom stereocenters. The van der Waals surface area contributed by atoms with Crippen molar-refractivity contribution in [2.24, 2.45) is 0 Å². The lowest BCUT2D eigenvalue weighted by molar-refractivity contribution is -0.115. The average Bonchev–Trinajstić information content (AvgIpc) is 2.55. The maximum absolute atomic E-state index is 13.5. The van der Waals surface area contributed by atoms with Crippen LogP contribution in [0.15, 0.2) is 36.4 Å². The normalized spacial score (nSPS) is 10.3. The Morgan fingerprint density at radius 2 is 1.83 bits per heavy atom. The first-order chi connectivity index (χ1) is 11.2. The Morgan fingerprint density at radius 3 is 2.52 bits per heavy atom. The van der Waals surface area contributed by atoms with E-state index in [-0.39, 0.29) is 18.1 Å². The molecule has 0 aliphatic rings. The van der Waals surface area contributed by atoms with Gasteiger partial charge < -0.3 is 10.6 Å². The van der Waals surface area contributed by atoms with Gasteiger partial charge in [-0.05, 0) is 30.2 Å². The lowest BCUT2D eigenvalue weighted by Gasteiger charge is -2.07. The van der Waals surface area contributed by atoms with Crippen LogP contribution in [0.5, 0.6) is 0 Å². The van der Waals surface area contributed by atoms with E-state index in [4.69, 9.17) is 0 Å². The number of nitrogens with one attached hydrogen (secondary N) is 2. The number of halogens is 1. The molecule has 0 radical (unpaired) electrons. The zero-order valence-electron chi connectivity index (χ0n) is 13.2. The van der Waals surface area contributed by atoms with E-state index in [0.29, 0.717) is 17.2 Å². The summed E-state index contributed by atoms with van der Waals surface area (Å²) >= 11 is 0. The minimum Gasteiger partial charge on any atom is -0.369 e. The van der Waals surface area contributed by atoms with Gasteiger partial charge >= 0.3 is 0 Å². The quantitative estimate of drug-likeness (QED) is 0.733. The van der Waals surface area contributed by atoms with Gasteiger partial charge in [-0.3, -0.25) is 4.79 Å². The second kappa shape index (κ2) is 8.82. The van der Waals surface area contributed by atoms with E-state index < -0.39 is 0 Å². The number of rotatable bonds is 8. The van der Waals surface area contributed by atoms with Gasteiger partial charge in [0, 0.05) is 6.54 Å². The number of carbonyl (C=O) groups excluding carboxylic acids is 1. The summed E-state index contributed by atoms with van der Waals surface area (Å²) in [5.74, 6) is 0.312. The molecular formula is C17H21FN4O. The molecule has 2 aromatic rings. The summed E-state index contributed by atoms with van der Waals surface area (Å²) < 4.78 is 13.5. The summed E-state index contributed by atoms with van der Waals surface area (Å²) in [5.41, 5.74) is 0.354. The molecule has 1 aromatic carbocycles. The van der Waals surface area contributed by atoms with Crippen molar-refractivity contribution in [3.8, 4) is 0 Å². The SMILES string of the molecule is CCCCCNc1ccc(NC(=O)Cc2ccccc2F)nn1. The topological polar surface area (TPSA) is 66.9 Å². The number of amides is 1. The van der Waals surface area contributed by atoms with Gasteiger partial charge in [0.05, 0.1) is 6.42 Å². The van der Waals surface area contributed by atoms with Crippen LogP contribution >= 0.6 is 0 Å². The summed E-state index contributed by atoms with van der Waals surface area (Å²) in [5, 5.41) is 13.7. The highest BCUT2D eigenvalue weighted by molar-refractivity contribution is 5.91. The van der Waals surface area contributed by atoms with Crippen LogP contribution in [0.25, 0.3) is 0 Å². The van der Waals surface area contributed by atoms with Crippen LogP contribution in [0.1, 0.15) is 31.7 Å². The monoisotopic (exact) mass is 316 g/mol. The highest BCUT2D eigenvalue weighted by atomic mass is 19.1. The molecular weight excluding hydrogens is 295 g/mol. The number of aromatic nitrogens is 2. The van der Waals surface area contributed by atoms with Crippen molar-refractivity contribution in [1.29, 1.82) is 0 Å². The zero-order chi connectivity index (χ0) is 16.5. The molecule has 0 aliphatic heterocycles. The molecule has 122 valence electrons. The van der Waals surface area contributed by atoms with E-state index in [1.807, 2.05) is 0 Å². The Morgan fingerprint density at radius 1 is 1.09 bits per heavy atom. The number of hydrogen-bond acceptors (Lipinski definition) is 4. The number of benzene rings is 1. The minimum atomic E-state index is -0.389. The molecule has 0 saturated heterocycles. The third-order valence-electron chi connectivity index (χ3n) is 3.33. The second-order valence-corrected chi connectivity index (χ2v) is 5.25. The fourth-order valence-electron chi connectivity index (χ4n) is 2.09. The molecule has 0 bridgehead atoms. The van der Waals surface area contributed by atoms with E-state index >= 15 is 0 Å². The Bertz CT molecular complexity index is 631. The van der Waals surface area contributed by atoms with Crippen LogP contribution in [-0.2, 0) is 11.2 Å². The predicted octanol–water partition coefficient (Wildman–Crippen LogP) is 3.40. The molecule has 1 aromatic heterocycles. The molecule has 6 heteroatoms.